The fourth-order valence-electron chi connectivity index (χ4n) is 1.96. The molecular weight excluding hydrogens is 190 g/mol. The van der Waals surface area contributed by atoms with Crippen LogP contribution in [0.15, 0.2) is 17.5 Å². The van der Waals surface area contributed by atoms with Gasteiger partial charge in [0.05, 0.1) is 0 Å². The summed E-state index contributed by atoms with van der Waals surface area (Å²) in [5.41, 5.74) is 0. The van der Waals surface area contributed by atoms with Gasteiger partial charge in [0.1, 0.15) is 0 Å². The molecule has 0 aromatic carbocycles. The summed E-state index contributed by atoms with van der Waals surface area (Å²) in [6.45, 7) is 3.35. The van der Waals surface area contributed by atoms with Gasteiger partial charge >= 0.3 is 0 Å². The number of hydrogen-bond acceptors (Lipinski definition) is 2. The summed E-state index contributed by atoms with van der Waals surface area (Å²) in [5.74, 6) is 0.981. The maximum Gasteiger partial charge on any atom is 0.0302 e. The topological polar surface area (TPSA) is 12.0 Å². The van der Waals surface area contributed by atoms with Gasteiger partial charge in [0, 0.05) is 17.5 Å². The van der Waals surface area contributed by atoms with Crippen LogP contribution in [0, 0.1) is 5.92 Å². The van der Waals surface area contributed by atoms with E-state index in [1.165, 1.54) is 30.6 Å². The van der Waals surface area contributed by atoms with Crippen LogP contribution in [0.4, 0.5) is 0 Å². The molecule has 1 aliphatic carbocycles. The SMILES string of the molecule is CCCC(NCc1cccs1)C1CC1. The Bertz CT molecular complexity index is 251. The highest BCUT2D eigenvalue weighted by Gasteiger charge is 2.29. The lowest BCUT2D eigenvalue weighted by molar-refractivity contribution is 0.431. The van der Waals surface area contributed by atoms with E-state index in [0.29, 0.717) is 0 Å². The van der Waals surface area contributed by atoms with Gasteiger partial charge in [-0.1, -0.05) is 19.4 Å². The van der Waals surface area contributed by atoms with Crippen LogP contribution in [0.5, 0.6) is 0 Å². The first-order chi connectivity index (χ1) is 6.90. The van der Waals surface area contributed by atoms with E-state index in [1.807, 2.05) is 11.3 Å². The van der Waals surface area contributed by atoms with Crippen molar-refractivity contribution >= 4 is 11.3 Å². The Morgan fingerprint density at radius 2 is 2.43 bits per heavy atom. The monoisotopic (exact) mass is 209 g/mol. The zero-order chi connectivity index (χ0) is 9.80. The smallest absolute Gasteiger partial charge is 0.0302 e. The molecule has 0 saturated heterocycles. The van der Waals surface area contributed by atoms with E-state index >= 15 is 0 Å². The lowest BCUT2D eigenvalue weighted by Gasteiger charge is -2.16. The van der Waals surface area contributed by atoms with Crippen molar-refractivity contribution in [2.75, 3.05) is 0 Å². The molecule has 2 rings (SSSR count). The minimum absolute atomic E-state index is 0.780. The Morgan fingerprint density at radius 1 is 1.57 bits per heavy atom. The predicted molar refractivity (Wildman–Crippen MR) is 62.6 cm³/mol. The molecule has 1 saturated carbocycles. The molecule has 1 N–H and O–H groups in total. The molecule has 14 heavy (non-hydrogen) atoms. The molecule has 1 aromatic rings. The van der Waals surface area contributed by atoms with Crippen molar-refractivity contribution in [1.29, 1.82) is 0 Å². The van der Waals surface area contributed by atoms with Gasteiger partial charge in [0.15, 0.2) is 0 Å². The minimum atomic E-state index is 0.780. The first-order valence-electron chi connectivity index (χ1n) is 5.66. The fourth-order valence-corrected chi connectivity index (χ4v) is 2.61. The van der Waals surface area contributed by atoms with E-state index in [4.69, 9.17) is 0 Å². The van der Waals surface area contributed by atoms with Crippen LogP contribution in [-0.4, -0.2) is 6.04 Å². The molecule has 0 amide bonds. The molecule has 1 atom stereocenters. The Balaban J connectivity index is 1.76. The largest absolute Gasteiger partial charge is 0.309 e. The highest BCUT2D eigenvalue weighted by Crippen LogP contribution is 2.34. The Kier molecular flexibility index (Phi) is 3.60. The molecule has 0 aliphatic heterocycles. The molecule has 78 valence electrons. The molecule has 1 aliphatic rings. The lowest BCUT2D eigenvalue weighted by atomic mass is 10.1. The highest BCUT2D eigenvalue weighted by molar-refractivity contribution is 7.09. The number of thiophene rings is 1. The highest BCUT2D eigenvalue weighted by atomic mass is 32.1. The van der Waals surface area contributed by atoms with Gasteiger partial charge in [-0.05, 0) is 36.6 Å². The average molecular weight is 209 g/mol. The fraction of sp³-hybridized carbons (Fsp3) is 0.667. The molecule has 2 heteroatoms. The quantitative estimate of drug-likeness (QED) is 0.757. The minimum Gasteiger partial charge on any atom is -0.309 e. The van der Waals surface area contributed by atoms with Crippen molar-refractivity contribution in [3.8, 4) is 0 Å². The van der Waals surface area contributed by atoms with Gasteiger partial charge in [0.2, 0.25) is 0 Å². The predicted octanol–water partition coefficient (Wildman–Crippen LogP) is 3.42. The van der Waals surface area contributed by atoms with E-state index in [1.54, 1.807) is 0 Å². The van der Waals surface area contributed by atoms with Crippen LogP contribution in [-0.2, 0) is 6.54 Å². The van der Waals surface area contributed by atoms with Crippen LogP contribution >= 0.6 is 11.3 Å². The summed E-state index contributed by atoms with van der Waals surface area (Å²) >= 11 is 1.85. The van der Waals surface area contributed by atoms with Crippen molar-refractivity contribution in [3.05, 3.63) is 22.4 Å². The average Bonchev–Trinajstić information content (AvgIpc) is 2.90. The van der Waals surface area contributed by atoms with Gasteiger partial charge in [-0.3, -0.25) is 0 Å². The summed E-state index contributed by atoms with van der Waals surface area (Å²) in [5, 5.41) is 5.85. The molecule has 1 aromatic heterocycles. The second-order valence-corrected chi connectivity index (χ2v) is 5.23. The molecule has 1 fully saturated rings. The van der Waals surface area contributed by atoms with Crippen molar-refractivity contribution in [2.45, 2.75) is 45.2 Å². The molecule has 1 unspecified atom stereocenters. The van der Waals surface area contributed by atoms with Gasteiger partial charge in [-0.25, -0.2) is 0 Å². The third-order valence-electron chi connectivity index (χ3n) is 2.91. The number of rotatable bonds is 6. The maximum atomic E-state index is 3.70. The van der Waals surface area contributed by atoms with E-state index in [0.717, 1.165) is 18.5 Å². The Labute approximate surface area is 90.5 Å². The third kappa shape index (κ3) is 2.82. The summed E-state index contributed by atoms with van der Waals surface area (Å²) in [7, 11) is 0. The number of nitrogens with one attached hydrogen (secondary N) is 1. The third-order valence-corrected chi connectivity index (χ3v) is 3.79. The Morgan fingerprint density at radius 3 is 3.00 bits per heavy atom. The number of hydrogen-bond donors (Lipinski definition) is 1. The molecule has 0 radical (unpaired) electrons. The van der Waals surface area contributed by atoms with Crippen LogP contribution in [0.25, 0.3) is 0 Å². The van der Waals surface area contributed by atoms with Crippen LogP contribution < -0.4 is 5.32 Å². The normalized spacial score (nSPS) is 18.4. The summed E-state index contributed by atoms with van der Waals surface area (Å²) in [6.07, 6.45) is 5.54. The van der Waals surface area contributed by atoms with E-state index in [2.05, 4.69) is 29.8 Å². The van der Waals surface area contributed by atoms with Gasteiger partial charge < -0.3 is 5.32 Å². The van der Waals surface area contributed by atoms with Crippen molar-refractivity contribution in [3.63, 3.8) is 0 Å². The molecule has 1 nitrogen and oxygen atoms in total. The first-order valence-corrected chi connectivity index (χ1v) is 6.54. The summed E-state index contributed by atoms with van der Waals surface area (Å²) in [4.78, 5) is 1.46. The van der Waals surface area contributed by atoms with E-state index in [9.17, 15) is 0 Å². The van der Waals surface area contributed by atoms with Crippen LogP contribution in [0.3, 0.4) is 0 Å². The summed E-state index contributed by atoms with van der Waals surface area (Å²) < 4.78 is 0. The van der Waals surface area contributed by atoms with Crippen molar-refractivity contribution < 1.29 is 0 Å². The first kappa shape index (κ1) is 10.2. The Hall–Kier alpha value is -0.340. The summed E-state index contributed by atoms with van der Waals surface area (Å²) in [6, 6.07) is 5.13. The van der Waals surface area contributed by atoms with Gasteiger partial charge in [0.25, 0.3) is 0 Å². The zero-order valence-corrected chi connectivity index (χ0v) is 9.65. The van der Waals surface area contributed by atoms with E-state index < -0.39 is 0 Å². The molecular formula is C12H19NS. The van der Waals surface area contributed by atoms with Gasteiger partial charge in [-0.2, -0.15) is 0 Å². The van der Waals surface area contributed by atoms with Gasteiger partial charge in [-0.15, -0.1) is 11.3 Å². The second-order valence-electron chi connectivity index (χ2n) is 4.19. The zero-order valence-electron chi connectivity index (χ0n) is 8.83. The van der Waals surface area contributed by atoms with Crippen LogP contribution in [0.1, 0.15) is 37.5 Å². The maximum absolute atomic E-state index is 3.70. The van der Waals surface area contributed by atoms with E-state index in [-0.39, 0.29) is 0 Å². The lowest BCUT2D eigenvalue weighted by Crippen LogP contribution is -2.30. The molecule has 0 bridgehead atoms. The second kappa shape index (κ2) is 4.94. The molecule has 0 spiro atoms. The molecule has 1 heterocycles. The standard InChI is InChI=1S/C12H19NS/c1-2-4-12(10-6-7-10)13-9-11-5-3-8-14-11/h3,5,8,10,12-13H,2,4,6-7,9H2,1H3. The van der Waals surface area contributed by atoms with Crippen molar-refractivity contribution in [2.24, 2.45) is 5.92 Å². The van der Waals surface area contributed by atoms with Crippen molar-refractivity contribution in [1.82, 2.24) is 5.32 Å². The van der Waals surface area contributed by atoms with Crippen LogP contribution in [0.2, 0.25) is 0 Å².